The monoisotopic (exact) mass is 419 g/mol. The lowest BCUT2D eigenvalue weighted by Crippen LogP contribution is -2.12. The molecule has 0 bridgehead atoms. The molecule has 1 amide bonds. The number of ketones is 1. The Morgan fingerprint density at radius 2 is 1.73 bits per heavy atom. The number of thiophene rings is 1. The zero-order valence-corrected chi connectivity index (χ0v) is 17.3. The van der Waals surface area contributed by atoms with Crippen molar-refractivity contribution in [2.45, 2.75) is 26.2 Å². The van der Waals surface area contributed by atoms with E-state index in [0.717, 1.165) is 28.8 Å². The van der Waals surface area contributed by atoms with Gasteiger partial charge in [0, 0.05) is 22.5 Å². The number of Topliss-reactive ketones (excluding diaryl/α,β-unsaturated/α-hetero) is 1. The second-order valence-electron chi connectivity index (χ2n) is 7.17. The molecule has 152 valence electrons. The van der Waals surface area contributed by atoms with Crippen LogP contribution in [0, 0.1) is 12.8 Å². The third-order valence-electron chi connectivity index (χ3n) is 4.87. The van der Waals surface area contributed by atoms with E-state index in [1.165, 1.54) is 11.3 Å². The van der Waals surface area contributed by atoms with Gasteiger partial charge >= 0.3 is 6.15 Å². The fourth-order valence-electron chi connectivity index (χ4n) is 3.03. The van der Waals surface area contributed by atoms with E-state index in [9.17, 15) is 9.59 Å². The van der Waals surface area contributed by atoms with Crippen LogP contribution in [0.15, 0.2) is 60.7 Å². The average Bonchev–Trinajstić information content (AvgIpc) is 3.41. The van der Waals surface area contributed by atoms with E-state index in [4.69, 9.17) is 9.59 Å². The standard InChI is InChI=1S/C23H21NO2S.CO2/c1-15-7-10-18(20(25)13-16-8-9-16)14-19(15)24-23(26)22-12-11-21(27-22)17-5-3-2-4-6-17;2-1-3/h2-7,10-12,14,16H,8-9,13H2,1H3,(H,24,26);. The van der Waals surface area contributed by atoms with Crippen LogP contribution in [0.5, 0.6) is 0 Å². The summed E-state index contributed by atoms with van der Waals surface area (Å²) in [5, 5.41) is 2.97. The van der Waals surface area contributed by atoms with Crippen molar-refractivity contribution in [2.24, 2.45) is 5.92 Å². The molecular weight excluding hydrogens is 398 g/mol. The highest BCUT2D eigenvalue weighted by molar-refractivity contribution is 7.17. The number of benzene rings is 2. The zero-order valence-electron chi connectivity index (χ0n) is 16.5. The molecule has 1 aliphatic rings. The van der Waals surface area contributed by atoms with Crippen molar-refractivity contribution in [3.63, 3.8) is 0 Å². The summed E-state index contributed by atoms with van der Waals surface area (Å²) in [5.41, 5.74) is 3.44. The van der Waals surface area contributed by atoms with E-state index in [1.807, 2.05) is 67.6 Å². The van der Waals surface area contributed by atoms with Crippen LogP contribution in [0.1, 0.15) is 44.9 Å². The van der Waals surface area contributed by atoms with Crippen LogP contribution in [-0.2, 0) is 9.59 Å². The van der Waals surface area contributed by atoms with Crippen LogP contribution in [-0.4, -0.2) is 17.8 Å². The Balaban J connectivity index is 0.000000806. The molecule has 0 spiro atoms. The number of anilines is 1. The van der Waals surface area contributed by atoms with Gasteiger partial charge in [0.1, 0.15) is 0 Å². The van der Waals surface area contributed by atoms with Gasteiger partial charge in [-0.1, -0.05) is 42.5 Å². The molecule has 0 unspecified atom stereocenters. The van der Waals surface area contributed by atoms with E-state index in [1.54, 1.807) is 0 Å². The lowest BCUT2D eigenvalue weighted by atomic mass is 10.0. The van der Waals surface area contributed by atoms with Gasteiger partial charge in [-0.05, 0) is 55.0 Å². The minimum Gasteiger partial charge on any atom is -0.321 e. The number of aryl methyl sites for hydroxylation is 1. The summed E-state index contributed by atoms with van der Waals surface area (Å²) < 4.78 is 0. The molecule has 0 saturated heterocycles. The van der Waals surface area contributed by atoms with Gasteiger partial charge in [-0.25, -0.2) is 0 Å². The van der Waals surface area contributed by atoms with Gasteiger partial charge in [0.2, 0.25) is 0 Å². The fourth-order valence-corrected chi connectivity index (χ4v) is 3.94. The highest BCUT2D eigenvalue weighted by Crippen LogP contribution is 2.34. The third kappa shape index (κ3) is 5.60. The normalized spacial score (nSPS) is 12.3. The zero-order chi connectivity index (χ0) is 21.5. The Bertz CT molecular complexity index is 1080. The fraction of sp³-hybridized carbons (Fsp3) is 0.208. The Kier molecular flexibility index (Phi) is 7.07. The maximum Gasteiger partial charge on any atom is 0.373 e. The first-order valence-corrected chi connectivity index (χ1v) is 10.4. The van der Waals surface area contributed by atoms with Crippen molar-refractivity contribution < 1.29 is 19.2 Å². The van der Waals surface area contributed by atoms with Gasteiger partial charge in [-0.3, -0.25) is 9.59 Å². The van der Waals surface area contributed by atoms with Crippen molar-refractivity contribution in [2.75, 3.05) is 5.32 Å². The summed E-state index contributed by atoms with van der Waals surface area (Å²) in [7, 11) is 0. The molecule has 0 radical (unpaired) electrons. The molecule has 0 aliphatic heterocycles. The summed E-state index contributed by atoms with van der Waals surface area (Å²) in [6, 6.07) is 19.4. The number of carbonyl (C=O) groups is 2. The van der Waals surface area contributed by atoms with Crippen molar-refractivity contribution in [3.8, 4) is 10.4 Å². The average molecular weight is 420 g/mol. The molecule has 0 atom stereocenters. The predicted molar refractivity (Wildman–Crippen MR) is 116 cm³/mol. The lowest BCUT2D eigenvalue weighted by Gasteiger charge is -2.10. The minimum absolute atomic E-state index is 0.142. The highest BCUT2D eigenvalue weighted by atomic mass is 32.1. The van der Waals surface area contributed by atoms with E-state index < -0.39 is 0 Å². The van der Waals surface area contributed by atoms with Crippen molar-refractivity contribution in [3.05, 3.63) is 76.7 Å². The molecule has 1 heterocycles. The summed E-state index contributed by atoms with van der Waals surface area (Å²) in [4.78, 5) is 43.0. The molecule has 30 heavy (non-hydrogen) atoms. The molecule has 1 saturated carbocycles. The molecule has 1 N–H and O–H groups in total. The van der Waals surface area contributed by atoms with Gasteiger partial charge in [0.05, 0.1) is 4.88 Å². The maximum absolute atomic E-state index is 12.7. The quantitative estimate of drug-likeness (QED) is 0.544. The molecule has 6 heteroatoms. The van der Waals surface area contributed by atoms with E-state index >= 15 is 0 Å². The molecule has 5 nitrogen and oxygen atoms in total. The Morgan fingerprint density at radius 3 is 2.40 bits per heavy atom. The van der Waals surface area contributed by atoms with E-state index in [2.05, 4.69) is 5.32 Å². The van der Waals surface area contributed by atoms with E-state index in [0.29, 0.717) is 28.5 Å². The van der Waals surface area contributed by atoms with Gasteiger partial charge in [-0.2, -0.15) is 9.59 Å². The van der Waals surface area contributed by atoms with Crippen LogP contribution in [0.4, 0.5) is 5.69 Å². The lowest BCUT2D eigenvalue weighted by molar-refractivity contribution is -0.191. The number of amides is 1. The number of rotatable bonds is 6. The maximum atomic E-state index is 12.7. The molecular formula is C24H21NO4S. The van der Waals surface area contributed by atoms with Crippen molar-refractivity contribution in [1.29, 1.82) is 0 Å². The topological polar surface area (TPSA) is 80.3 Å². The molecule has 1 aromatic heterocycles. The van der Waals surface area contributed by atoms with Crippen LogP contribution < -0.4 is 5.32 Å². The summed E-state index contributed by atoms with van der Waals surface area (Å²) >= 11 is 1.47. The van der Waals surface area contributed by atoms with E-state index in [-0.39, 0.29) is 17.8 Å². The number of hydrogen-bond donors (Lipinski definition) is 1. The minimum atomic E-state index is -0.142. The van der Waals surface area contributed by atoms with Gasteiger partial charge in [0.25, 0.3) is 5.91 Å². The molecule has 4 rings (SSSR count). The predicted octanol–water partition coefficient (Wildman–Crippen LogP) is 5.38. The molecule has 3 aromatic rings. The van der Waals surface area contributed by atoms with Gasteiger partial charge in [-0.15, -0.1) is 11.3 Å². The highest BCUT2D eigenvalue weighted by Gasteiger charge is 2.25. The first kappa shape index (κ1) is 21.4. The van der Waals surface area contributed by atoms with Crippen molar-refractivity contribution >= 4 is 34.9 Å². The van der Waals surface area contributed by atoms with Crippen LogP contribution in [0.25, 0.3) is 10.4 Å². The third-order valence-corrected chi connectivity index (χ3v) is 6.00. The molecule has 1 fully saturated rings. The molecule has 2 aromatic carbocycles. The van der Waals surface area contributed by atoms with Crippen molar-refractivity contribution in [1.82, 2.24) is 0 Å². The first-order valence-electron chi connectivity index (χ1n) is 9.61. The van der Waals surface area contributed by atoms with Crippen LogP contribution >= 0.6 is 11.3 Å². The Hall–Kier alpha value is -3.34. The summed E-state index contributed by atoms with van der Waals surface area (Å²) in [5.74, 6) is 0.576. The largest absolute Gasteiger partial charge is 0.373 e. The Morgan fingerprint density at radius 1 is 1.03 bits per heavy atom. The SMILES string of the molecule is Cc1ccc(C(=O)CC2CC2)cc1NC(=O)c1ccc(-c2ccccc2)s1.O=C=O. The smallest absolute Gasteiger partial charge is 0.321 e. The number of nitrogens with one attached hydrogen (secondary N) is 1. The second-order valence-corrected chi connectivity index (χ2v) is 8.25. The Labute approximate surface area is 178 Å². The second kappa shape index (κ2) is 9.92. The summed E-state index contributed by atoms with van der Waals surface area (Å²) in [6.45, 7) is 1.94. The van der Waals surface area contributed by atoms with Crippen LogP contribution in [0.3, 0.4) is 0 Å². The van der Waals surface area contributed by atoms with Gasteiger partial charge in [0.15, 0.2) is 5.78 Å². The number of hydrogen-bond acceptors (Lipinski definition) is 5. The van der Waals surface area contributed by atoms with Gasteiger partial charge < -0.3 is 5.32 Å². The molecule has 1 aliphatic carbocycles. The first-order chi connectivity index (χ1) is 14.5. The van der Waals surface area contributed by atoms with Crippen LogP contribution in [0.2, 0.25) is 0 Å². The summed E-state index contributed by atoms with van der Waals surface area (Å²) in [6.07, 6.45) is 3.18. The number of carbonyl (C=O) groups excluding carboxylic acids is 4.